The largest absolute Gasteiger partial charge is 0.497 e. The van der Waals surface area contributed by atoms with Gasteiger partial charge in [0.25, 0.3) is 0 Å². The molecule has 0 aliphatic carbocycles. The molecular formula is C17H15N3O3S2. The number of thiazole rings is 2. The van der Waals surface area contributed by atoms with Crippen molar-refractivity contribution >= 4 is 53.4 Å². The van der Waals surface area contributed by atoms with Crippen LogP contribution in [0.3, 0.4) is 0 Å². The zero-order valence-corrected chi connectivity index (χ0v) is 15.5. The van der Waals surface area contributed by atoms with E-state index >= 15 is 0 Å². The number of methoxy groups -OCH3 is 3. The fourth-order valence-corrected chi connectivity index (χ4v) is 4.32. The number of ether oxygens (including phenoxy) is 3. The summed E-state index contributed by atoms with van der Waals surface area (Å²) in [5.74, 6) is 2.18. The van der Waals surface area contributed by atoms with Crippen LogP contribution in [0.2, 0.25) is 0 Å². The van der Waals surface area contributed by atoms with Crippen molar-refractivity contribution in [2.45, 2.75) is 0 Å². The molecule has 0 saturated heterocycles. The Morgan fingerprint density at radius 1 is 0.760 bits per heavy atom. The van der Waals surface area contributed by atoms with Crippen LogP contribution in [0.25, 0.3) is 20.4 Å². The summed E-state index contributed by atoms with van der Waals surface area (Å²) >= 11 is 3.10. The van der Waals surface area contributed by atoms with E-state index in [4.69, 9.17) is 14.2 Å². The van der Waals surface area contributed by atoms with E-state index in [1.807, 2.05) is 30.3 Å². The number of anilines is 2. The van der Waals surface area contributed by atoms with Gasteiger partial charge in [-0.25, -0.2) is 9.97 Å². The number of hydrogen-bond donors (Lipinski definition) is 1. The van der Waals surface area contributed by atoms with E-state index in [1.165, 1.54) is 0 Å². The van der Waals surface area contributed by atoms with Gasteiger partial charge in [0.15, 0.2) is 21.8 Å². The first-order valence-electron chi connectivity index (χ1n) is 7.44. The summed E-state index contributed by atoms with van der Waals surface area (Å²) in [6.45, 7) is 0. The zero-order valence-electron chi connectivity index (χ0n) is 13.8. The summed E-state index contributed by atoms with van der Waals surface area (Å²) in [6.07, 6.45) is 0. The lowest BCUT2D eigenvalue weighted by Crippen LogP contribution is -1.90. The van der Waals surface area contributed by atoms with E-state index in [9.17, 15) is 0 Å². The quantitative estimate of drug-likeness (QED) is 0.548. The molecule has 2 aromatic carbocycles. The predicted molar refractivity (Wildman–Crippen MR) is 102 cm³/mol. The molecule has 2 heterocycles. The van der Waals surface area contributed by atoms with Crippen LogP contribution >= 0.6 is 22.7 Å². The van der Waals surface area contributed by atoms with Crippen LogP contribution in [0.5, 0.6) is 17.2 Å². The third kappa shape index (κ3) is 2.94. The second-order valence-electron chi connectivity index (χ2n) is 5.17. The molecule has 0 aliphatic heterocycles. The normalized spacial score (nSPS) is 11.0. The summed E-state index contributed by atoms with van der Waals surface area (Å²) in [7, 11) is 4.90. The van der Waals surface area contributed by atoms with Gasteiger partial charge in [0.05, 0.1) is 41.8 Å². The maximum absolute atomic E-state index is 5.34. The van der Waals surface area contributed by atoms with Crippen LogP contribution in [0.4, 0.5) is 10.3 Å². The van der Waals surface area contributed by atoms with Gasteiger partial charge in [-0.15, -0.1) is 0 Å². The Labute approximate surface area is 152 Å². The van der Waals surface area contributed by atoms with E-state index in [-0.39, 0.29) is 0 Å². The van der Waals surface area contributed by atoms with Crippen LogP contribution < -0.4 is 19.5 Å². The highest BCUT2D eigenvalue weighted by molar-refractivity contribution is 7.24. The van der Waals surface area contributed by atoms with Gasteiger partial charge in [0.2, 0.25) is 0 Å². The molecule has 0 radical (unpaired) electrons. The van der Waals surface area contributed by atoms with E-state index in [0.29, 0.717) is 11.5 Å². The lowest BCUT2D eigenvalue weighted by molar-refractivity contribution is 0.356. The summed E-state index contributed by atoms with van der Waals surface area (Å²) < 4.78 is 18.0. The lowest BCUT2D eigenvalue weighted by atomic mass is 10.3. The second kappa shape index (κ2) is 6.38. The fraction of sp³-hybridized carbons (Fsp3) is 0.176. The van der Waals surface area contributed by atoms with E-state index in [2.05, 4.69) is 15.3 Å². The van der Waals surface area contributed by atoms with Gasteiger partial charge in [-0.3, -0.25) is 0 Å². The average molecular weight is 373 g/mol. The molecular weight excluding hydrogens is 358 g/mol. The van der Waals surface area contributed by atoms with Gasteiger partial charge in [0, 0.05) is 12.1 Å². The van der Waals surface area contributed by atoms with Gasteiger partial charge < -0.3 is 19.5 Å². The Balaban J connectivity index is 1.68. The van der Waals surface area contributed by atoms with Gasteiger partial charge in [0.1, 0.15) is 5.75 Å². The standard InChI is InChI=1S/C17H15N3O3S2/c1-21-9-4-5-10-14(6-9)24-16(18-10)20-17-19-11-7-12(22-2)13(23-3)8-15(11)25-17/h4-8H,1-3H3,(H,18,19,20). The monoisotopic (exact) mass is 373 g/mol. The summed E-state index contributed by atoms with van der Waals surface area (Å²) in [5.41, 5.74) is 1.78. The molecule has 25 heavy (non-hydrogen) atoms. The molecule has 0 bridgehead atoms. The van der Waals surface area contributed by atoms with E-state index < -0.39 is 0 Å². The molecule has 0 amide bonds. The summed E-state index contributed by atoms with van der Waals surface area (Å²) in [4.78, 5) is 9.20. The Bertz CT molecular complexity index is 1020. The van der Waals surface area contributed by atoms with Crippen LogP contribution in [-0.4, -0.2) is 31.3 Å². The van der Waals surface area contributed by atoms with Crippen molar-refractivity contribution in [2.24, 2.45) is 0 Å². The van der Waals surface area contributed by atoms with Crippen molar-refractivity contribution < 1.29 is 14.2 Å². The number of fused-ring (bicyclic) bond motifs is 2. The minimum atomic E-state index is 0.666. The van der Waals surface area contributed by atoms with Crippen molar-refractivity contribution in [1.29, 1.82) is 0 Å². The molecule has 1 N–H and O–H groups in total. The maximum Gasteiger partial charge on any atom is 0.190 e. The SMILES string of the molecule is COc1ccc2nc(Nc3nc4cc(OC)c(OC)cc4s3)sc2c1. The molecule has 6 nitrogen and oxygen atoms in total. The summed E-state index contributed by atoms with van der Waals surface area (Å²) in [5, 5.41) is 4.85. The highest BCUT2D eigenvalue weighted by Crippen LogP contribution is 2.38. The topological polar surface area (TPSA) is 65.5 Å². The van der Waals surface area contributed by atoms with Gasteiger partial charge in [-0.1, -0.05) is 22.7 Å². The molecule has 0 unspecified atom stereocenters. The van der Waals surface area contributed by atoms with Crippen molar-refractivity contribution in [2.75, 3.05) is 26.6 Å². The number of nitrogens with one attached hydrogen (secondary N) is 1. The van der Waals surface area contributed by atoms with Crippen molar-refractivity contribution in [3.05, 3.63) is 30.3 Å². The van der Waals surface area contributed by atoms with Gasteiger partial charge in [-0.05, 0) is 18.2 Å². The van der Waals surface area contributed by atoms with Gasteiger partial charge in [-0.2, -0.15) is 0 Å². The highest BCUT2D eigenvalue weighted by atomic mass is 32.1. The number of nitrogens with zero attached hydrogens (tertiary/aromatic N) is 2. The minimum Gasteiger partial charge on any atom is -0.497 e. The number of benzene rings is 2. The highest BCUT2D eigenvalue weighted by Gasteiger charge is 2.12. The first kappa shape index (κ1) is 15.9. The maximum atomic E-state index is 5.34. The van der Waals surface area contributed by atoms with E-state index in [0.717, 1.165) is 36.4 Å². The van der Waals surface area contributed by atoms with Crippen molar-refractivity contribution in [3.8, 4) is 17.2 Å². The first-order valence-corrected chi connectivity index (χ1v) is 9.07. The average Bonchev–Trinajstić information content (AvgIpc) is 3.21. The lowest BCUT2D eigenvalue weighted by Gasteiger charge is -2.05. The molecule has 0 saturated carbocycles. The summed E-state index contributed by atoms with van der Waals surface area (Å²) in [6, 6.07) is 9.64. The Kier molecular flexibility index (Phi) is 4.06. The third-order valence-corrected chi connectivity index (χ3v) is 5.57. The van der Waals surface area contributed by atoms with Crippen molar-refractivity contribution in [3.63, 3.8) is 0 Å². The minimum absolute atomic E-state index is 0.666. The zero-order chi connectivity index (χ0) is 17.4. The van der Waals surface area contributed by atoms with Crippen LogP contribution in [0.15, 0.2) is 30.3 Å². The molecule has 0 fully saturated rings. The van der Waals surface area contributed by atoms with Crippen LogP contribution in [-0.2, 0) is 0 Å². The Morgan fingerprint density at radius 3 is 2.08 bits per heavy atom. The molecule has 0 spiro atoms. The molecule has 0 aliphatic rings. The molecule has 8 heteroatoms. The molecule has 0 atom stereocenters. The van der Waals surface area contributed by atoms with Crippen LogP contribution in [0.1, 0.15) is 0 Å². The Hall–Kier alpha value is -2.58. The smallest absolute Gasteiger partial charge is 0.190 e. The number of hydrogen-bond acceptors (Lipinski definition) is 8. The number of aromatic nitrogens is 2. The molecule has 128 valence electrons. The third-order valence-electron chi connectivity index (χ3n) is 3.70. The Morgan fingerprint density at radius 2 is 1.40 bits per heavy atom. The van der Waals surface area contributed by atoms with E-state index in [1.54, 1.807) is 44.0 Å². The fourth-order valence-electron chi connectivity index (χ4n) is 2.49. The predicted octanol–water partition coefficient (Wildman–Crippen LogP) is 4.68. The first-order chi connectivity index (χ1) is 12.2. The van der Waals surface area contributed by atoms with Gasteiger partial charge >= 0.3 is 0 Å². The number of rotatable bonds is 5. The van der Waals surface area contributed by atoms with Crippen LogP contribution in [0, 0.1) is 0 Å². The molecule has 2 aromatic heterocycles. The molecule has 4 rings (SSSR count). The molecule has 4 aromatic rings. The van der Waals surface area contributed by atoms with Crippen molar-refractivity contribution in [1.82, 2.24) is 9.97 Å². The second-order valence-corrected chi connectivity index (χ2v) is 7.23.